The second-order valence-corrected chi connectivity index (χ2v) is 6.49. The normalized spacial score (nSPS) is 10.4. The lowest BCUT2D eigenvalue weighted by molar-refractivity contribution is 0.189. The van der Waals surface area contributed by atoms with Gasteiger partial charge in [-0.1, -0.05) is 24.3 Å². The van der Waals surface area contributed by atoms with Crippen molar-refractivity contribution in [2.75, 3.05) is 13.2 Å². The van der Waals surface area contributed by atoms with Crippen LogP contribution in [0.25, 0.3) is 0 Å². The standard InChI is InChI=1S/C19H20N2O3S/c22-19(20-9-11-24-17-5-2-1-3-6-17)21(13-16-8-10-23-15-16)14-18-7-4-12-25-18/h1-8,10,12,15H,9,11,13-14H2,(H,20,22). The van der Waals surface area contributed by atoms with E-state index in [-0.39, 0.29) is 6.03 Å². The van der Waals surface area contributed by atoms with Crippen LogP contribution in [-0.4, -0.2) is 24.1 Å². The van der Waals surface area contributed by atoms with Crippen LogP contribution < -0.4 is 10.1 Å². The molecule has 2 heterocycles. The fourth-order valence-corrected chi connectivity index (χ4v) is 3.07. The summed E-state index contributed by atoms with van der Waals surface area (Å²) in [5.41, 5.74) is 0.965. The van der Waals surface area contributed by atoms with Gasteiger partial charge in [-0.3, -0.25) is 0 Å². The number of furan rings is 1. The van der Waals surface area contributed by atoms with E-state index in [1.54, 1.807) is 28.8 Å². The minimum Gasteiger partial charge on any atom is -0.492 e. The fourth-order valence-electron chi connectivity index (χ4n) is 2.35. The number of hydrogen-bond donors (Lipinski definition) is 1. The smallest absolute Gasteiger partial charge is 0.318 e. The van der Waals surface area contributed by atoms with E-state index in [2.05, 4.69) is 5.32 Å². The van der Waals surface area contributed by atoms with Crippen molar-refractivity contribution >= 4 is 17.4 Å². The molecule has 1 aromatic carbocycles. The predicted molar refractivity (Wildman–Crippen MR) is 97.6 cm³/mol. The van der Waals surface area contributed by atoms with Crippen molar-refractivity contribution in [2.45, 2.75) is 13.1 Å². The molecule has 0 aliphatic rings. The summed E-state index contributed by atoms with van der Waals surface area (Å²) in [6.07, 6.45) is 3.28. The molecule has 3 rings (SSSR count). The first-order valence-corrected chi connectivity index (χ1v) is 8.93. The van der Waals surface area contributed by atoms with Crippen LogP contribution in [0.1, 0.15) is 10.4 Å². The van der Waals surface area contributed by atoms with E-state index < -0.39 is 0 Å². The van der Waals surface area contributed by atoms with Gasteiger partial charge in [-0.25, -0.2) is 4.79 Å². The lowest BCUT2D eigenvalue weighted by atomic mass is 10.3. The van der Waals surface area contributed by atoms with Gasteiger partial charge in [-0.05, 0) is 29.6 Å². The number of thiophene rings is 1. The number of ether oxygens (including phenoxy) is 1. The first-order valence-electron chi connectivity index (χ1n) is 8.05. The van der Waals surface area contributed by atoms with Crippen molar-refractivity contribution in [3.8, 4) is 5.75 Å². The second kappa shape index (κ2) is 8.94. The van der Waals surface area contributed by atoms with E-state index in [0.29, 0.717) is 26.2 Å². The van der Waals surface area contributed by atoms with Gasteiger partial charge in [0.15, 0.2) is 0 Å². The molecular formula is C19H20N2O3S. The van der Waals surface area contributed by atoms with Crippen molar-refractivity contribution in [3.05, 3.63) is 76.9 Å². The Labute approximate surface area is 150 Å². The van der Waals surface area contributed by atoms with Crippen LogP contribution >= 0.6 is 11.3 Å². The molecule has 0 bridgehead atoms. The number of amides is 2. The first-order chi connectivity index (χ1) is 12.3. The molecule has 0 radical (unpaired) electrons. The van der Waals surface area contributed by atoms with Crippen LogP contribution in [0, 0.1) is 0 Å². The van der Waals surface area contributed by atoms with Crippen LogP contribution in [0.4, 0.5) is 4.79 Å². The van der Waals surface area contributed by atoms with Crippen LogP contribution in [0.3, 0.4) is 0 Å². The zero-order chi connectivity index (χ0) is 17.3. The van der Waals surface area contributed by atoms with Gasteiger partial charge >= 0.3 is 6.03 Å². The molecule has 5 nitrogen and oxygen atoms in total. The van der Waals surface area contributed by atoms with Crippen molar-refractivity contribution in [3.63, 3.8) is 0 Å². The predicted octanol–water partition coefficient (Wildman–Crippen LogP) is 4.13. The highest BCUT2D eigenvalue weighted by atomic mass is 32.1. The van der Waals surface area contributed by atoms with Crippen LogP contribution in [0.2, 0.25) is 0 Å². The van der Waals surface area contributed by atoms with Gasteiger partial charge in [-0.15, -0.1) is 11.3 Å². The lowest BCUT2D eigenvalue weighted by Gasteiger charge is -2.22. The maximum atomic E-state index is 12.5. The highest BCUT2D eigenvalue weighted by Gasteiger charge is 2.15. The molecule has 0 aliphatic carbocycles. The van der Waals surface area contributed by atoms with E-state index in [0.717, 1.165) is 16.2 Å². The minimum absolute atomic E-state index is 0.119. The van der Waals surface area contributed by atoms with Crippen LogP contribution in [-0.2, 0) is 13.1 Å². The first kappa shape index (κ1) is 17.1. The third-order valence-corrected chi connectivity index (χ3v) is 4.42. The number of para-hydroxylation sites is 1. The van der Waals surface area contributed by atoms with E-state index in [1.165, 1.54) is 0 Å². The summed E-state index contributed by atoms with van der Waals surface area (Å²) in [6, 6.07) is 15.3. The largest absolute Gasteiger partial charge is 0.492 e. The summed E-state index contributed by atoms with van der Waals surface area (Å²) in [5, 5.41) is 4.92. The Morgan fingerprint density at radius 3 is 2.72 bits per heavy atom. The monoisotopic (exact) mass is 356 g/mol. The third-order valence-electron chi connectivity index (χ3n) is 3.56. The summed E-state index contributed by atoms with van der Waals surface area (Å²) < 4.78 is 10.7. The molecule has 0 aliphatic heterocycles. The molecule has 2 aromatic heterocycles. The van der Waals surface area contributed by atoms with Crippen molar-refractivity contribution < 1.29 is 13.9 Å². The Morgan fingerprint density at radius 2 is 2.00 bits per heavy atom. The minimum atomic E-state index is -0.119. The number of rotatable bonds is 8. The molecule has 0 spiro atoms. The van der Waals surface area contributed by atoms with Gasteiger partial charge in [-0.2, -0.15) is 0 Å². The molecule has 130 valence electrons. The number of nitrogens with zero attached hydrogens (tertiary/aromatic N) is 1. The summed E-state index contributed by atoms with van der Waals surface area (Å²) in [4.78, 5) is 15.4. The molecule has 3 aromatic rings. The maximum Gasteiger partial charge on any atom is 0.318 e. The molecule has 0 unspecified atom stereocenters. The average molecular weight is 356 g/mol. The highest BCUT2D eigenvalue weighted by molar-refractivity contribution is 7.09. The zero-order valence-electron chi connectivity index (χ0n) is 13.8. The van der Waals surface area contributed by atoms with Gasteiger partial charge in [0.2, 0.25) is 0 Å². The topological polar surface area (TPSA) is 54.7 Å². The van der Waals surface area contributed by atoms with Gasteiger partial charge in [0, 0.05) is 10.4 Å². The van der Waals surface area contributed by atoms with Crippen molar-refractivity contribution in [1.29, 1.82) is 0 Å². The molecule has 0 atom stereocenters. The Kier molecular flexibility index (Phi) is 6.11. The second-order valence-electron chi connectivity index (χ2n) is 5.46. The summed E-state index contributed by atoms with van der Waals surface area (Å²) in [5.74, 6) is 0.797. The van der Waals surface area contributed by atoms with Crippen molar-refractivity contribution in [1.82, 2.24) is 10.2 Å². The Balaban J connectivity index is 1.51. The molecule has 6 heteroatoms. The molecule has 0 saturated heterocycles. The van der Waals surface area contributed by atoms with Gasteiger partial charge in [0.1, 0.15) is 12.4 Å². The maximum absolute atomic E-state index is 12.5. The Bertz CT molecular complexity index is 706. The van der Waals surface area contributed by atoms with E-state index >= 15 is 0 Å². The molecule has 25 heavy (non-hydrogen) atoms. The fraction of sp³-hybridized carbons (Fsp3) is 0.211. The SMILES string of the molecule is O=C(NCCOc1ccccc1)N(Cc1ccoc1)Cc1cccs1. The lowest BCUT2D eigenvalue weighted by Crippen LogP contribution is -2.40. The van der Waals surface area contributed by atoms with E-state index in [1.807, 2.05) is 53.9 Å². The summed E-state index contributed by atoms with van der Waals surface area (Å²) in [7, 11) is 0. The number of hydrogen-bond acceptors (Lipinski definition) is 4. The molecule has 2 amide bonds. The number of urea groups is 1. The highest BCUT2D eigenvalue weighted by Crippen LogP contribution is 2.15. The van der Waals surface area contributed by atoms with Crippen molar-refractivity contribution in [2.24, 2.45) is 0 Å². The molecular weight excluding hydrogens is 336 g/mol. The summed E-state index contributed by atoms with van der Waals surface area (Å²) >= 11 is 1.64. The Hall–Kier alpha value is -2.73. The zero-order valence-corrected chi connectivity index (χ0v) is 14.6. The van der Waals surface area contributed by atoms with Gasteiger partial charge < -0.3 is 19.4 Å². The number of benzene rings is 1. The van der Waals surface area contributed by atoms with Gasteiger partial charge in [0.05, 0.1) is 32.2 Å². The van der Waals surface area contributed by atoms with Gasteiger partial charge in [0.25, 0.3) is 0 Å². The number of carbonyl (C=O) groups is 1. The average Bonchev–Trinajstić information content (AvgIpc) is 3.33. The molecule has 0 fully saturated rings. The molecule has 1 N–H and O–H groups in total. The number of carbonyl (C=O) groups excluding carboxylic acids is 1. The number of nitrogens with one attached hydrogen (secondary N) is 1. The summed E-state index contributed by atoms with van der Waals surface area (Å²) in [6.45, 7) is 1.93. The van der Waals surface area contributed by atoms with Crippen LogP contribution in [0.5, 0.6) is 5.75 Å². The Morgan fingerprint density at radius 1 is 1.12 bits per heavy atom. The van der Waals surface area contributed by atoms with E-state index in [4.69, 9.17) is 9.15 Å². The van der Waals surface area contributed by atoms with E-state index in [9.17, 15) is 4.79 Å². The third kappa shape index (κ3) is 5.39. The van der Waals surface area contributed by atoms with Crippen LogP contribution in [0.15, 0.2) is 70.9 Å². The molecule has 0 saturated carbocycles. The quantitative estimate of drug-likeness (QED) is 0.618.